The van der Waals surface area contributed by atoms with Gasteiger partial charge in [-0.2, -0.15) is 18.3 Å². The maximum Gasteiger partial charge on any atom is 0.410 e. The van der Waals surface area contributed by atoms with Crippen LogP contribution >= 0.6 is 23.2 Å². The molecule has 0 aliphatic carbocycles. The molecule has 1 aromatic heterocycles. The Labute approximate surface area is 204 Å². The van der Waals surface area contributed by atoms with Gasteiger partial charge in [0.1, 0.15) is 11.4 Å². The van der Waals surface area contributed by atoms with E-state index in [0.29, 0.717) is 23.0 Å². The van der Waals surface area contributed by atoms with Crippen LogP contribution in [-0.2, 0) is 0 Å². The Bertz CT molecular complexity index is 1190. The Kier molecular flexibility index (Phi) is 5.98. The molecular formula is C24H21Cl2F3N4O. The lowest BCUT2D eigenvalue weighted by Gasteiger charge is -2.34. The van der Waals surface area contributed by atoms with Crippen molar-refractivity contribution in [2.45, 2.75) is 43.6 Å². The van der Waals surface area contributed by atoms with E-state index in [4.69, 9.17) is 23.2 Å². The number of alkyl halides is 3. The lowest BCUT2D eigenvalue weighted by molar-refractivity contribution is -0.173. The first kappa shape index (κ1) is 23.1. The molecule has 2 aromatic carbocycles. The van der Waals surface area contributed by atoms with E-state index in [0.717, 1.165) is 22.2 Å². The van der Waals surface area contributed by atoms with Crippen LogP contribution < -0.4 is 5.32 Å². The van der Waals surface area contributed by atoms with E-state index in [-0.39, 0.29) is 29.8 Å². The van der Waals surface area contributed by atoms with Crippen molar-refractivity contribution < 1.29 is 18.0 Å². The lowest BCUT2D eigenvalue weighted by atomic mass is 9.96. The SMILES string of the molecule is O=C(c1cnn2c1N[C@@H](c1ccccc1)C[C@H]2C(F)(F)F)N1CCCC1c1cc(Cl)cc(Cl)c1. The highest BCUT2D eigenvalue weighted by Crippen LogP contribution is 2.45. The molecule has 1 amide bonds. The van der Waals surface area contributed by atoms with Crippen molar-refractivity contribution in [3.63, 3.8) is 0 Å². The zero-order chi connectivity index (χ0) is 24.0. The number of hydrogen-bond acceptors (Lipinski definition) is 3. The summed E-state index contributed by atoms with van der Waals surface area (Å²) in [4.78, 5) is 15.3. The molecule has 0 saturated carbocycles. The molecule has 1 unspecified atom stereocenters. The molecule has 5 nitrogen and oxygen atoms in total. The number of likely N-dealkylation sites (tertiary alicyclic amines) is 1. The number of amides is 1. The third-order valence-corrected chi connectivity index (χ3v) is 6.89. The summed E-state index contributed by atoms with van der Waals surface area (Å²) >= 11 is 12.3. The third kappa shape index (κ3) is 4.25. The Hall–Kier alpha value is -2.71. The van der Waals surface area contributed by atoms with Crippen LogP contribution in [0.3, 0.4) is 0 Å². The van der Waals surface area contributed by atoms with E-state index in [1.807, 2.05) is 6.07 Å². The van der Waals surface area contributed by atoms with E-state index in [1.54, 1.807) is 47.4 Å². The molecule has 0 spiro atoms. The Morgan fingerprint density at radius 1 is 1.06 bits per heavy atom. The quantitative estimate of drug-likeness (QED) is 0.421. The number of carbonyl (C=O) groups excluding carboxylic acids is 1. The van der Waals surface area contributed by atoms with Gasteiger partial charge in [0.05, 0.1) is 18.3 Å². The monoisotopic (exact) mass is 508 g/mol. The number of hydrogen-bond donors (Lipinski definition) is 1. The molecule has 5 rings (SSSR count). The van der Waals surface area contributed by atoms with Gasteiger partial charge in [-0.1, -0.05) is 53.5 Å². The molecule has 3 heterocycles. The van der Waals surface area contributed by atoms with E-state index < -0.39 is 18.3 Å². The van der Waals surface area contributed by atoms with Gasteiger partial charge < -0.3 is 10.2 Å². The van der Waals surface area contributed by atoms with Crippen molar-refractivity contribution in [1.82, 2.24) is 14.7 Å². The number of benzene rings is 2. The Morgan fingerprint density at radius 3 is 2.44 bits per heavy atom. The van der Waals surface area contributed by atoms with Crippen molar-refractivity contribution in [3.05, 3.63) is 81.5 Å². The smallest absolute Gasteiger partial charge is 0.363 e. The number of anilines is 1. The van der Waals surface area contributed by atoms with Crippen molar-refractivity contribution >= 4 is 34.9 Å². The van der Waals surface area contributed by atoms with Crippen LogP contribution in [0.15, 0.2) is 54.7 Å². The minimum absolute atomic E-state index is 0.0854. The van der Waals surface area contributed by atoms with E-state index >= 15 is 0 Å². The van der Waals surface area contributed by atoms with Gasteiger partial charge in [0.25, 0.3) is 5.91 Å². The van der Waals surface area contributed by atoms with Crippen LogP contribution in [0.1, 0.15) is 58.9 Å². The van der Waals surface area contributed by atoms with Gasteiger partial charge in [-0.25, -0.2) is 4.68 Å². The van der Waals surface area contributed by atoms with Crippen molar-refractivity contribution in [2.75, 3.05) is 11.9 Å². The van der Waals surface area contributed by atoms with Crippen LogP contribution in [0.2, 0.25) is 10.0 Å². The second-order valence-corrected chi connectivity index (χ2v) is 9.48. The van der Waals surface area contributed by atoms with Crippen LogP contribution in [0.25, 0.3) is 0 Å². The molecule has 0 bridgehead atoms. The van der Waals surface area contributed by atoms with E-state index in [9.17, 15) is 18.0 Å². The summed E-state index contributed by atoms with van der Waals surface area (Å²) in [6.45, 7) is 0.475. The molecule has 1 N–H and O–H groups in total. The Morgan fingerprint density at radius 2 is 1.76 bits per heavy atom. The maximum absolute atomic E-state index is 14.0. The summed E-state index contributed by atoms with van der Waals surface area (Å²) in [5.41, 5.74) is 1.64. The van der Waals surface area contributed by atoms with Gasteiger partial charge in [-0.15, -0.1) is 0 Å². The fourth-order valence-corrected chi connectivity index (χ4v) is 5.44. The summed E-state index contributed by atoms with van der Waals surface area (Å²) in [5.74, 6) is -0.288. The Balaban J connectivity index is 1.51. The molecule has 2 aliphatic rings. The van der Waals surface area contributed by atoms with Gasteiger partial charge in [-0.3, -0.25) is 4.79 Å². The highest BCUT2D eigenvalue weighted by atomic mass is 35.5. The summed E-state index contributed by atoms with van der Waals surface area (Å²) in [5, 5.41) is 8.07. The molecular weight excluding hydrogens is 488 g/mol. The van der Waals surface area contributed by atoms with Gasteiger partial charge in [0, 0.05) is 23.0 Å². The predicted octanol–water partition coefficient (Wildman–Crippen LogP) is 6.83. The molecule has 0 radical (unpaired) electrons. The summed E-state index contributed by atoms with van der Waals surface area (Å²) in [6.07, 6.45) is -2.03. The van der Waals surface area contributed by atoms with Gasteiger partial charge in [0.2, 0.25) is 0 Å². The second-order valence-electron chi connectivity index (χ2n) is 8.61. The highest BCUT2D eigenvalue weighted by Gasteiger charge is 2.47. The van der Waals surface area contributed by atoms with Crippen LogP contribution in [-0.4, -0.2) is 33.3 Å². The average molecular weight is 509 g/mol. The number of nitrogens with one attached hydrogen (secondary N) is 1. The molecule has 3 aromatic rings. The maximum atomic E-state index is 14.0. The first-order valence-electron chi connectivity index (χ1n) is 10.9. The number of halogens is 5. The zero-order valence-corrected chi connectivity index (χ0v) is 19.4. The van der Waals surface area contributed by atoms with E-state index in [1.165, 1.54) is 6.20 Å². The molecule has 3 atom stereocenters. The average Bonchev–Trinajstić information content (AvgIpc) is 3.45. The van der Waals surface area contributed by atoms with Gasteiger partial charge >= 0.3 is 6.18 Å². The predicted molar refractivity (Wildman–Crippen MR) is 124 cm³/mol. The summed E-state index contributed by atoms with van der Waals surface area (Å²) in [7, 11) is 0. The number of fused-ring (bicyclic) bond motifs is 1. The van der Waals surface area contributed by atoms with Crippen molar-refractivity contribution in [3.8, 4) is 0 Å². The number of nitrogens with zero attached hydrogens (tertiary/aromatic N) is 3. The lowest BCUT2D eigenvalue weighted by Crippen LogP contribution is -2.37. The van der Waals surface area contributed by atoms with Crippen LogP contribution in [0, 0.1) is 0 Å². The van der Waals surface area contributed by atoms with Gasteiger partial charge in [-0.05, 0) is 42.2 Å². The molecule has 178 valence electrons. The van der Waals surface area contributed by atoms with Crippen molar-refractivity contribution in [2.24, 2.45) is 0 Å². The normalized spacial score (nSPS) is 22.4. The largest absolute Gasteiger partial charge is 0.410 e. The molecule has 10 heteroatoms. The van der Waals surface area contributed by atoms with Crippen molar-refractivity contribution in [1.29, 1.82) is 0 Å². The highest BCUT2D eigenvalue weighted by molar-refractivity contribution is 6.34. The van der Waals surface area contributed by atoms with Crippen LogP contribution in [0.5, 0.6) is 0 Å². The molecule has 34 heavy (non-hydrogen) atoms. The molecule has 2 aliphatic heterocycles. The zero-order valence-electron chi connectivity index (χ0n) is 17.9. The fraction of sp³-hybridized carbons (Fsp3) is 0.333. The first-order valence-corrected chi connectivity index (χ1v) is 11.7. The number of carbonyl (C=O) groups is 1. The topological polar surface area (TPSA) is 50.2 Å². The van der Waals surface area contributed by atoms with Crippen LogP contribution in [0.4, 0.5) is 19.0 Å². The minimum Gasteiger partial charge on any atom is -0.363 e. The summed E-state index contributed by atoms with van der Waals surface area (Å²) < 4.78 is 42.8. The number of aromatic nitrogens is 2. The number of rotatable bonds is 3. The van der Waals surface area contributed by atoms with Gasteiger partial charge in [0.15, 0.2) is 6.04 Å². The second kappa shape index (κ2) is 8.82. The standard InChI is InChI=1S/C24H21Cl2F3N4O/c25-16-9-15(10-17(26)11-16)20-7-4-8-32(20)23(34)18-13-30-33-21(24(27,28)29)12-19(31-22(18)33)14-5-2-1-3-6-14/h1-3,5-6,9-11,13,19-21,31H,4,7-8,12H2/t19-,20?,21+/m1/s1. The first-order chi connectivity index (χ1) is 16.2. The minimum atomic E-state index is -4.51. The van der Waals surface area contributed by atoms with E-state index in [2.05, 4.69) is 10.4 Å². The molecule has 1 fully saturated rings. The fourth-order valence-electron chi connectivity index (χ4n) is 4.90. The molecule has 1 saturated heterocycles. The third-order valence-electron chi connectivity index (χ3n) is 6.45. The summed E-state index contributed by atoms with van der Waals surface area (Å²) in [6, 6.07) is 11.4.